The molecule has 1 aliphatic carbocycles. The highest BCUT2D eigenvalue weighted by Gasteiger charge is 2.23. The van der Waals surface area contributed by atoms with Crippen LogP contribution in [-0.2, 0) is 24.8 Å². The molecule has 0 fully saturated rings. The van der Waals surface area contributed by atoms with E-state index in [2.05, 4.69) is 67.5 Å². The van der Waals surface area contributed by atoms with Gasteiger partial charge in [0, 0.05) is 31.6 Å². The number of amides is 1. The molecule has 1 heterocycles. The van der Waals surface area contributed by atoms with Crippen LogP contribution in [0.15, 0.2) is 28.8 Å². The molecular formula is C22H31N3O2. The zero-order valence-corrected chi connectivity index (χ0v) is 17.0. The van der Waals surface area contributed by atoms with Crippen LogP contribution in [0.4, 0.5) is 0 Å². The van der Waals surface area contributed by atoms with Crippen molar-refractivity contribution in [1.82, 2.24) is 15.4 Å². The van der Waals surface area contributed by atoms with Gasteiger partial charge < -0.3 is 14.7 Å². The number of carbonyl (C=O) groups excluding carboxylic acids is 1. The normalized spacial score (nSPS) is 14.3. The van der Waals surface area contributed by atoms with Gasteiger partial charge in [-0.3, -0.25) is 4.79 Å². The lowest BCUT2D eigenvalue weighted by atomic mass is 9.87. The Morgan fingerprint density at radius 1 is 1.19 bits per heavy atom. The largest absolute Gasteiger partial charge is 0.360 e. The van der Waals surface area contributed by atoms with Gasteiger partial charge in [0.05, 0.1) is 0 Å². The summed E-state index contributed by atoms with van der Waals surface area (Å²) >= 11 is 0. The van der Waals surface area contributed by atoms with Crippen LogP contribution in [0.5, 0.6) is 0 Å². The summed E-state index contributed by atoms with van der Waals surface area (Å²) in [6.45, 7) is 8.91. The number of hydrogen-bond donors (Lipinski definition) is 1. The van der Waals surface area contributed by atoms with E-state index in [-0.39, 0.29) is 11.3 Å². The third-order valence-electron chi connectivity index (χ3n) is 5.22. The Morgan fingerprint density at radius 2 is 1.89 bits per heavy atom. The van der Waals surface area contributed by atoms with E-state index in [9.17, 15) is 4.79 Å². The molecule has 5 nitrogen and oxygen atoms in total. The quantitative estimate of drug-likeness (QED) is 0.843. The lowest BCUT2D eigenvalue weighted by molar-refractivity contribution is 0.0939. The Bertz CT molecular complexity index is 772. The van der Waals surface area contributed by atoms with Gasteiger partial charge in [-0.1, -0.05) is 50.2 Å². The minimum atomic E-state index is -0.121. The molecular weight excluding hydrogens is 338 g/mol. The van der Waals surface area contributed by atoms with Crippen molar-refractivity contribution in [2.75, 3.05) is 20.1 Å². The van der Waals surface area contributed by atoms with Gasteiger partial charge >= 0.3 is 0 Å². The van der Waals surface area contributed by atoms with Gasteiger partial charge in [-0.25, -0.2) is 0 Å². The summed E-state index contributed by atoms with van der Waals surface area (Å²) in [5.41, 5.74) is 4.28. The first-order valence-corrected chi connectivity index (χ1v) is 9.88. The summed E-state index contributed by atoms with van der Waals surface area (Å²) in [5.74, 6) is 0.770. The first kappa shape index (κ1) is 19.6. The number of rotatable bonds is 6. The van der Waals surface area contributed by atoms with Crippen molar-refractivity contribution in [2.24, 2.45) is 0 Å². The van der Waals surface area contributed by atoms with E-state index < -0.39 is 0 Å². The Labute approximate surface area is 162 Å². The number of benzene rings is 1. The second-order valence-corrected chi connectivity index (χ2v) is 8.58. The molecule has 0 saturated carbocycles. The highest BCUT2D eigenvalue weighted by Crippen LogP contribution is 2.24. The van der Waals surface area contributed by atoms with Gasteiger partial charge in [-0.2, -0.15) is 0 Å². The lowest BCUT2D eigenvalue weighted by Crippen LogP contribution is -2.33. The fraction of sp³-hybridized carbons (Fsp3) is 0.545. The predicted molar refractivity (Wildman–Crippen MR) is 107 cm³/mol. The van der Waals surface area contributed by atoms with Gasteiger partial charge in [0.1, 0.15) is 5.76 Å². The molecule has 0 atom stereocenters. The number of aryl methyl sites for hydroxylation is 1. The Kier molecular flexibility index (Phi) is 6.00. The van der Waals surface area contributed by atoms with Gasteiger partial charge in [-0.15, -0.1) is 0 Å². The van der Waals surface area contributed by atoms with Gasteiger partial charge in [0.25, 0.3) is 5.91 Å². The van der Waals surface area contributed by atoms with Crippen molar-refractivity contribution < 1.29 is 9.32 Å². The second kappa shape index (κ2) is 8.26. The summed E-state index contributed by atoms with van der Waals surface area (Å²) < 4.78 is 5.33. The Morgan fingerprint density at radius 3 is 2.59 bits per heavy atom. The van der Waals surface area contributed by atoms with Crippen LogP contribution >= 0.6 is 0 Å². The number of carbonyl (C=O) groups is 1. The van der Waals surface area contributed by atoms with Crippen molar-refractivity contribution >= 4 is 5.91 Å². The molecule has 27 heavy (non-hydrogen) atoms. The highest BCUT2D eigenvalue weighted by atomic mass is 16.5. The molecule has 2 aromatic rings. The molecule has 1 amide bonds. The van der Waals surface area contributed by atoms with Crippen LogP contribution in [0.25, 0.3) is 0 Å². The summed E-state index contributed by atoms with van der Waals surface area (Å²) in [5, 5.41) is 6.97. The van der Waals surface area contributed by atoms with Crippen LogP contribution in [0.3, 0.4) is 0 Å². The molecule has 1 aromatic carbocycles. The molecule has 0 radical (unpaired) electrons. The van der Waals surface area contributed by atoms with Crippen LogP contribution in [-0.4, -0.2) is 36.1 Å². The minimum absolute atomic E-state index is 0.121. The molecule has 0 aliphatic heterocycles. The lowest BCUT2D eigenvalue weighted by Gasteiger charge is -2.21. The van der Waals surface area contributed by atoms with Crippen molar-refractivity contribution in [3.8, 4) is 0 Å². The third kappa shape index (κ3) is 4.98. The first-order valence-electron chi connectivity index (χ1n) is 9.88. The maximum atomic E-state index is 12.4. The summed E-state index contributed by atoms with van der Waals surface area (Å²) in [4.78, 5) is 14.6. The Balaban J connectivity index is 1.46. The van der Waals surface area contributed by atoms with Crippen molar-refractivity contribution in [3.63, 3.8) is 0 Å². The number of likely N-dealkylation sites (N-methyl/N-ethyl adjacent to an activating group) is 1. The average molecular weight is 370 g/mol. The van der Waals surface area contributed by atoms with E-state index in [0.717, 1.165) is 50.1 Å². The van der Waals surface area contributed by atoms with E-state index in [4.69, 9.17) is 4.52 Å². The monoisotopic (exact) mass is 369 g/mol. The third-order valence-corrected chi connectivity index (χ3v) is 5.22. The zero-order valence-electron chi connectivity index (χ0n) is 17.0. The SMILES string of the molecule is CN(CCNC(=O)c1noc2c1CCCC2)Cc1ccc(C(C)(C)C)cc1. The second-order valence-electron chi connectivity index (χ2n) is 8.58. The molecule has 1 N–H and O–H groups in total. The average Bonchev–Trinajstić information content (AvgIpc) is 3.05. The maximum absolute atomic E-state index is 12.4. The van der Waals surface area contributed by atoms with Gasteiger partial charge in [0.2, 0.25) is 0 Å². The summed E-state index contributed by atoms with van der Waals surface area (Å²) in [6.07, 6.45) is 4.01. The van der Waals surface area contributed by atoms with Crippen LogP contribution in [0, 0.1) is 0 Å². The van der Waals surface area contributed by atoms with Crippen LogP contribution in [0.1, 0.15) is 66.6 Å². The summed E-state index contributed by atoms with van der Waals surface area (Å²) in [7, 11) is 2.07. The van der Waals surface area contributed by atoms with E-state index in [1.165, 1.54) is 11.1 Å². The molecule has 146 valence electrons. The topological polar surface area (TPSA) is 58.4 Å². The zero-order chi connectivity index (χ0) is 19.4. The minimum Gasteiger partial charge on any atom is -0.360 e. The van der Waals surface area contributed by atoms with E-state index in [1.54, 1.807) is 0 Å². The van der Waals surface area contributed by atoms with E-state index in [0.29, 0.717) is 12.2 Å². The number of aromatic nitrogens is 1. The molecule has 1 aliphatic rings. The predicted octanol–water partition coefficient (Wildman–Crippen LogP) is 3.71. The van der Waals surface area contributed by atoms with Crippen molar-refractivity contribution in [1.29, 1.82) is 0 Å². The fourth-order valence-electron chi connectivity index (χ4n) is 3.51. The first-order chi connectivity index (χ1) is 12.8. The smallest absolute Gasteiger partial charge is 0.273 e. The van der Waals surface area contributed by atoms with Gasteiger partial charge in [0.15, 0.2) is 5.69 Å². The van der Waals surface area contributed by atoms with E-state index >= 15 is 0 Å². The van der Waals surface area contributed by atoms with Crippen LogP contribution < -0.4 is 5.32 Å². The molecule has 5 heteroatoms. The highest BCUT2D eigenvalue weighted by molar-refractivity contribution is 5.93. The standard InChI is InChI=1S/C22H31N3O2/c1-22(2,3)17-11-9-16(10-12-17)15-25(4)14-13-23-21(26)20-18-7-5-6-8-19(18)27-24-20/h9-12H,5-8,13-15H2,1-4H3,(H,23,26). The number of nitrogens with zero attached hydrogens (tertiary/aromatic N) is 2. The molecule has 0 saturated heterocycles. The van der Waals surface area contributed by atoms with Crippen molar-refractivity contribution in [3.05, 3.63) is 52.4 Å². The van der Waals surface area contributed by atoms with Crippen LogP contribution in [0.2, 0.25) is 0 Å². The summed E-state index contributed by atoms with van der Waals surface area (Å²) in [6, 6.07) is 8.80. The number of hydrogen-bond acceptors (Lipinski definition) is 4. The maximum Gasteiger partial charge on any atom is 0.273 e. The molecule has 0 bridgehead atoms. The fourth-order valence-corrected chi connectivity index (χ4v) is 3.51. The van der Waals surface area contributed by atoms with Gasteiger partial charge in [-0.05, 0) is 42.9 Å². The Hall–Kier alpha value is -2.14. The molecule has 0 unspecified atom stereocenters. The molecule has 0 spiro atoms. The van der Waals surface area contributed by atoms with E-state index in [1.807, 2.05) is 0 Å². The van der Waals surface area contributed by atoms with Crippen molar-refractivity contribution in [2.45, 2.75) is 58.4 Å². The molecule has 1 aromatic heterocycles. The number of nitrogens with one attached hydrogen (secondary N) is 1. The number of fused-ring (bicyclic) bond motifs is 1. The molecule has 3 rings (SSSR count).